The van der Waals surface area contributed by atoms with Crippen LogP contribution >= 0.6 is 0 Å². The van der Waals surface area contributed by atoms with Gasteiger partial charge in [0.1, 0.15) is 0 Å². The Labute approximate surface area is 79.8 Å². The summed E-state index contributed by atoms with van der Waals surface area (Å²) in [7, 11) is 0. The van der Waals surface area contributed by atoms with Crippen molar-refractivity contribution in [1.29, 1.82) is 0 Å². The smallest absolute Gasteiger partial charge is 0 e. The van der Waals surface area contributed by atoms with Gasteiger partial charge >= 0.3 is 0 Å². The minimum absolute atomic E-state index is 0. The predicted octanol–water partition coefficient (Wildman–Crippen LogP) is 3.12. The minimum atomic E-state index is -0.445. The van der Waals surface area contributed by atoms with Gasteiger partial charge in [0.25, 0.3) is 0 Å². The molecule has 0 aliphatic rings. The van der Waals surface area contributed by atoms with Gasteiger partial charge in [0, 0.05) is 19.5 Å². The molecule has 0 spiro atoms. The first-order chi connectivity index (χ1) is 4.20. The molecule has 5 heteroatoms. The van der Waals surface area contributed by atoms with Crippen LogP contribution in [0.2, 0.25) is 0 Å². The van der Waals surface area contributed by atoms with Crippen LogP contribution in [0, 0.1) is 7.43 Å². The Morgan fingerprint density at radius 3 is 1.55 bits per heavy atom. The molecule has 11 heavy (non-hydrogen) atoms. The molecular weight excluding hydrogens is 203 g/mol. The molecule has 0 N–H and O–H groups in total. The molecule has 0 amide bonds. The summed E-state index contributed by atoms with van der Waals surface area (Å²) >= 11 is 0. The van der Waals surface area contributed by atoms with Crippen LogP contribution in [-0.4, -0.2) is 12.1 Å². The van der Waals surface area contributed by atoms with E-state index < -0.39 is 12.1 Å². The molecule has 0 aliphatic carbocycles. The first-order valence-electron chi connectivity index (χ1n) is 2.83. The Morgan fingerprint density at radius 2 is 1.36 bits per heavy atom. The Hall–Kier alpha value is 0.403. The fourth-order valence-corrected chi connectivity index (χ4v) is 0.573. The van der Waals surface area contributed by atoms with Crippen molar-refractivity contribution < 1.29 is 28.4 Å². The van der Waals surface area contributed by atoms with Gasteiger partial charge in [-0.15, -0.1) is 12.1 Å². The van der Waals surface area contributed by atoms with Gasteiger partial charge in [0.15, 0.2) is 0 Å². The van der Waals surface area contributed by atoms with Crippen molar-refractivity contribution in [1.82, 2.24) is 0 Å². The SMILES string of the molecule is CC(CC(C)[N-]F)[N-]F.[CH3-].[Zn]. The molecule has 2 unspecified atom stereocenters. The third-order valence-electron chi connectivity index (χ3n) is 1.02. The average Bonchev–Trinajstić information content (AvgIpc) is 1.87. The fourth-order valence-electron chi connectivity index (χ4n) is 0.573. The summed E-state index contributed by atoms with van der Waals surface area (Å²) in [4.78, 5) is 0. The summed E-state index contributed by atoms with van der Waals surface area (Å²) in [6, 6.07) is -0.890. The van der Waals surface area contributed by atoms with Crippen molar-refractivity contribution in [2.75, 3.05) is 0 Å². The second kappa shape index (κ2) is 10.4. The molecule has 0 aromatic rings. The summed E-state index contributed by atoms with van der Waals surface area (Å²) in [5.74, 6) is 0. The van der Waals surface area contributed by atoms with E-state index >= 15 is 0 Å². The van der Waals surface area contributed by atoms with Crippen LogP contribution in [-0.2, 0) is 19.5 Å². The maximum atomic E-state index is 11.3. The number of rotatable bonds is 4. The van der Waals surface area contributed by atoms with E-state index in [-0.39, 0.29) is 26.9 Å². The van der Waals surface area contributed by atoms with Gasteiger partial charge in [-0.3, -0.25) is 0 Å². The van der Waals surface area contributed by atoms with E-state index in [1.165, 1.54) is 0 Å². The third kappa shape index (κ3) is 10.4. The molecule has 2 atom stereocenters. The van der Waals surface area contributed by atoms with Gasteiger partial charge in [0.05, 0.1) is 0 Å². The van der Waals surface area contributed by atoms with Gasteiger partial charge in [-0.2, -0.15) is 0 Å². The molecule has 0 aromatic heterocycles. The van der Waals surface area contributed by atoms with E-state index in [2.05, 4.69) is 11.1 Å². The van der Waals surface area contributed by atoms with Crippen molar-refractivity contribution in [3.05, 3.63) is 18.5 Å². The zero-order valence-electron chi connectivity index (χ0n) is 7.22. The molecule has 0 fully saturated rings. The topological polar surface area (TPSA) is 28.2 Å². The van der Waals surface area contributed by atoms with E-state index in [0.29, 0.717) is 6.42 Å². The zero-order valence-corrected chi connectivity index (χ0v) is 10.2. The van der Waals surface area contributed by atoms with Crippen LogP contribution in [0.3, 0.4) is 0 Å². The quantitative estimate of drug-likeness (QED) is 0.510. The minimum Gasteiger partial charge on any atom is -0.489 e. The van der Waals surface area contributed by atoms with Gasteiger partial charge in [-0.1, -0.05) is 20.3 Å². The molecule has 2 nitrogen and oxygen atoms in total. The molecule has 0 bridgehead atoms. The maximum Gasteiger partial charge on any atom is 0 e. The van der Waals surface area contributed by atoms with E-state index in [1.807, 2.05) is 0 Å². The molecule has 0 saturated carbocycles. The molecular formula is C6H13F2N2Zn-3. The number of nitrogens with zero attached hydrogens (tertiary/aromatic N) is 2. The van der Waals surface area contributed by atoms with Crippen molar-refractivity contribution in [3.63, 3.8) is 0 Å². The average molecular weight is 217 g/mol. The Balaban J connectivity index is -0.000000320. The Bertz CT molecular complexity index is 67.6. The fraction of sp³-hybridized carbons (Fsp3) is 0.833. The van der Waals surface area contributed by atoms with Crippen molar-refractivity contribution in [2.24, 2.45) is 0 Å². The van der Waals surface area contributed by atoms with Crippen molar-refractivity contribution >= 4 is 0 Å². The summed E-state index contributed by atoms with van der Waals surface area (Å²) in [6.45, 7) is 3.14. The molecule has 0 aromatic carbocycles. The van der Waals surface area contributed by atoms with E-state index in [1.54, 1.807) is 13.8 Å². The van der Waals surface area contributed by atoms with Gasteiger partial charge in [0.2, 0.25) is 0 Å². The summed E-state index contributed by atoms with van der Waals surface area (Å²) in [5, 5.41) is 0. The normalized spacial score (nSPS) is 14.2. The van der Waals surface area contributed by atoms with Crippen LogP contribution in [0.15, 0.2) is 0 Å². The number of halogens is 2. The van der Waals surface area contributed by atoms with Crippen molar-refractivity contribution in [3.8, 4) is 0 Å². The molecule has 0 saturated heterocycles. The van der Waals surface area contributed by atoms with Crippen molar-refractivity contribution in [2.45, 2.75) is 32.4 Å². The van der Waals surface area contributed by atoms with Gasteiger partial charge in [-0.25, -0.2) is 0 Å². The zero-order chi connectivity index (χ0) is 7.28. The Kier molecular flexibility index (Phi) is 16.5. The number of hydrogen-bond acceptors (Lipinski definition) is 0. The van der Waals surface area contributed by atoms with Crippen LogP contribution < -0.4 is 0 Å². The largest absolute Gasteiger partial charge is 0.489 e. The second-order valence-corrected chi connectivity index (χ2v) is 2.13. The van der Waals surface area contributed by atoms with E-state index in [4.69, 9.17) is 0 Å². The second-order valence-electron chi connectivity index (χ2n) is 2.13. The summed E-state index contributed by atoms with van der Waals surface area (Å²) < 4.78 is 22.7. The van der Waals surface area contributed by atoms with Crippen LogP contribution in [0.4, 0.5) is 8.96 Å². The van der Waals surface area contributed by atoms with Crippen LogP contribution in [0.25, 0.3) is 11.1 Å². The van der Waals surface area contributed by atoms with E-state index in [0.717, 1.165) is 0 Å². The van der Waals surface area contributed by atoms with Gasteiger partial charge < -0.3 is 27.5 Å². The van der Waals surface area contributed by atoms with Crippen LogP contribution in [0.5, 0.6) is 0 Å². The summed E-state index contributed by atoms with van der Waals surface area (Å²) in [6.07, 6.45) is 0.326. The molecule has 0 aliphatic heterocycles. The standard InChI is InChI=1S/C5H10F2N2.CH3.Zn/c1-4(8-6)3-5(2)9-7;;/h4-5H,3H2,1-2H3;1H3;/q-2;-1;. The monoisotopic (exact) mass is 215 g/mol. The summed E-state index contributed by atoms with van der Waals surface area (Å²) in [5.41, 5.74) is 4.90. The molecule has 0 radical (unpaired) electrons. The predicted molar refractivity (Wildman–Crippen MR) is 38.9 cm³/mol. The Morgan fingerprint density at radius 1 is 1.09 bits per heavy atom. The third-order valence-corrected chi connectivity index (χ3v) is 1.02. The molecule has 66 valence electrons. The number of hydrogen-bond donors (Lipinski definition) is 0. The first kappa shape index (κ1) is 17.5. The van der Waals surface area contributed by atoms with Gasteiger partial charge in [-0.05, 0) is 0 Å². The molecule has 0 rings (SSSR count). The maximum absolute atomic E-state index is 11.3. The van der Waals surface area contributed by atoms with E-state index in [9.17, 15) is 8.96 Å². The first-order valence-corrected chi connectivity index (χ1v) is 2.83. The molecule has 0 heterocycles. The van der Waals surface area contributed by atoms with Crippen LogP contribution in [0.1, 0.15) is 20.3 Å².